The minimum atomic E-state index is 0.176. The predicted octanol–water partition coefficient (Wildman–Crippen LogP) is 1.58. The Morgan fingerprint density at radius 1 is 1.59 bits per heavy atom. The van der Waals surface area contributed by atoms with E-state index in [0.29, 0.717) is 11.7 Å². The van der Waals surface area contributed by atoms with E-state index >= 15 is 0 Å². The molecule has 0 bridgehead atoms. The summed E-state index contributed by atoms with van der Waals surface area (Å²) in [6.07, 6.45) is 2.00. The van der Waals surface area contributed by atoms with Gasteiger partial charge in [-0.2, -0.15) is 16.9 Å². The Bertz CT molecular complexity index is 366. The van der Waals surface area contributed by atoms with Gasteiger partial charge in [0.1, 0.15) is 5.15 Å². The van der Waals surface area contributed by atoms with Gasteiger partial charge in [-0.15, -0.1) is 0 Å². The van der Waals surface area contributed by atoms with Crippen LogP contribution in [0.15, 0.2) is 0 Å². The van der Waals surface area contributed by atoms with Crippen molar-refractivity contribution in [1.82, 2.24) is 15.1 Å². The molecule has 2 unspecified atom stereocenters. The number of nitrogens with one attached hydrogen (secondary N) is 1. The molecule has 6 heteroatoms. The molecule has 17 heavy (non-hydrogen) atoms. The van der Waals surface area contributed by atoms with Crippen LogP contribution >= 0.6 is 23.4 Å². The molecular weight excluding hydrogens is 258 g/mol. The lowest BCUT2D eigenvalue weighted by molar-refractivity contribution is 0.276. The summed E-state index contributed by atoms with van der Waals surface area (Å²) >= 11 is 7.81. The molecule has 0 saturated carbocycles. The number of rotatable bonds is 6. The highest BCUT2D eigenvalue weighted by Gasteiger charge is 2.17. The maximum absolute atomic E-state index is 9.20. The van der Waals surface area contributed by atoms with Crippen LogP contribution in [0.5, 0.6) is 0 Å². The van der Waals surface area contributed by atoms with Crippen LogP contribution < -0.4 is 5.32 Å². The van der Waals surface area contributed by atoms with E-state index in [1.54, 1.807) is 16.4 Å². The summed E-state index contributed by atoms with van der Waals surface area (Å²) in [6, 6.07) is 0.227. The molecule has 0 fully saturated rings. The van der Waals surface area contributed by atoms with Crippen LogP contribution in [0.2, 0.25) is 5.15 Å². The Hall–Kier alpha value is -0.230. The molecule has 2 atom stereocenters. The lowest BCUT2D eigenvalue weighted by Crippen LogP contribution is -2.37. The molecule has 0 aromatic carbocycles. The number of nitrogens with zero attached hydrogens (tertiary/aromatic N) is 2. The number of hydrogen-bond donors (Lipinski definition) is 2. The normalized spacial score (nSPS) is 14.9. The van der Waals surface area contributed by atoms with Gasteiger partial charge in [-0.3, -0.25) is 4.68 Å². The highest BCUT2D eigenvalue weighted by Crippen LogP contribution is 2.19. The van der Waals surface area contributed by atoms with Crippen molar-refractivity contribution in [3.8, 4) is 0 Å². The van der Waals surface area contributed by atoms with Crippen molar-refractivity contribution in [1.29, 1.82) is 0 Å². The Kier molecular flexibility index (Phi) is 5.79. The number of hydrogen-bond acceptors (Lipinski definition) is 4. The predicted molar refractivity (Wildman–Crippen MR) is 73.6 cm³/mol. The van der Waals surface area contributed by atoms with Crippen LogP contribution in [-0.4, -0.2) is 39.0 Å². The molecule has 0 aliphatic rings. The smallest absolute Gasteiger partial charge is 0.131 e. The van der Waals surface area contributed by atoms with Gasteiger partial charge in [-0.05, 0) is 20.1 Å². The summed E-state index contributed by atoms with van der Waals surface area (Å²) in [6.45, 7) is 4.87. The van der Waals surface area contributed by atoms with Crippen molar-refractivity contribution in [3.05, 3.63) is 16.4 Å². The maximum atomic E-state index is 9.20. The summed E-state index contributed by atoms with van der Waals surface area (Å²) in [5, 5.41) is 17.7. The molecule has 4 nitrogen and oxygen atoms in total. The molecule has 2 N–H and O–H groups in total. The summed E-state index contributed by atoms with van der Waals surface area (Å²) in [5.41, 5.74) is 1.97. The number of aliphatic hydroxyl groups is 1. The molecule has 0 aliphatic heterocycles. The van der Waals surface area contributed by atoms with Crippen LogP contribution in [0.25, 0.3) is 0 Å². The summed E-state index contributed by atoms with van der Waals surface area (Å²) in [7, 11) is 1.83. The molecule has 0 aliphatic carbocycles. The minimum Gasteiger partial charge on any atom is -0.395 e. The first-order chi connectivity index (χ1) is 8.01. The summed E-state index contributed by atoms with van der Waals surface area (Å²) < 4.78 is 1.68. The zero-order chi connectivity index (χ0) is 13.0. The highest BCUT2D eigenvalue weighted by molar-refractivity contribution is 7.99. The molecular formula is C11H20ClN3OS. The second-order valence-corrected chi connectivity index (χ2v) is 5.54. The third-order valence-corrected chi connectivity index (χ3v) is 4.55. The molecule has 1 aromatic heterocycles. The monoisotopic (exact) mass is 277 g/mol. The van der Waals surface area contributed by atoms with Gasteiger partial charge in [-0.25, -0.2) is 0 Å². The van der Waals surface area contributed by atoms with Crippen LogP contribution in [0.3, 0.4) is 0 Å². The largest absolute Gasteiger partial charge is 0.395 e. The van der Waals surface area contributed by atoms with Gasteiger partial charge >= 0.3 is 0 Å². The van der Waals surface area contributed by atoms with E-state index < -0.39 is 0 Å². The third-order valence-electron chi connectivity index (χ3n) is 2.91. The lowest BCUT2D eigenvalue weighted by Gasteiger charge is -2.21. The minimum absolute atomic E-state index is 0.176. The van der Waals surface area contributed by atoms with Crippen molar-refractivity contribution in [2.45, 2.75) is 31.7 Å². The highest BCUT2D eigenvalue weighted by atomic mass is 35.5. The molecule has 1 heterocycles. The first-order valence-corrected chi connectivity index (χ1v) is 7.22. The molecule has 0 spiro atoms. The quantitative estimate of drug-likeness (QED) is 0.829. The van der Waals surface area contributed by atoms with Crippen molar-refractivity contribution < 1.29 is 5.11 Å². The number of aromatic nitrogens is 2. The van der Waals surface area contributed by atoms with E-state index in [1.165, 1.54) is 0 Å². The third kappa shape index (κ3) is 3.61. The van der Waals surface area contributed by atoms with Gasteiger partial charge in [0.2, 0.25) is 0 Å². The Labute approximate surface area is 112 Å². The van der Waals surface area contributed by atoms with E-state index in [4.69, 9.17) is 11.6 Å². The van der Waals surface area contributed by atoms with Gasteiger partial charge in [0.05, 0.1) is 12.3 Å². The van der Waals surface area contributed by atoms with E-state index in [1.807, 2.05) is 20.2 Å². The Balaban J connectivity index is 2.61. The zero-order valence-electron chi connectivity index (χ0n) is 10.7. The topological polar surface area (TPSA) is 50.1 Å². The maximum Gasteiger partial charge on any atom is 0.131 e. The first kappa shape index (κ1) is 14.8. The summed E-state index contributed by atoms with van der Waals surface area (Å²) in [4.78, 5) is 0. The number of halogens is 1. The van der Waals surface area contributed by atoms with Gasteiger partial charge in [0.25, 0.3) is 0 Å². The number of aliphatic hydroxyl groups excluding tert-OH is 1. The van der Waals surface area contributed by atoms with Crippen molar-refractivity contribution >= 4 is 23.4 Å². The molecule has 1 rings (SSSR count). The van der Waals surface area contributed by atoms with Crippen LogP contribution in [0, 0.1) is 6.92 Å². The van der Waals surface area contributed by atoms with E-state index in [9.17, 15) is 5.11 Å². The number of aryl methyl sites for hydroxylation is 2. The fourth-order valence-corrected chi connectivity index (χ4v) is 2.60. The van der Waals surface area contributed by atoms with Crippen molar-refractivity contribution in [3.63, 3.8) is 0 Å². The van der Waals surface area contributed by atoms with Crippen molar-refractivity contribution in [2.24, 2.45) is 7.05 Å². The fraction of sp³-hybridized carbons (Fsp3) is 0.727. The van der Waals surface area contributed by atoms with Gasteiger partial charge < -0.3 is 10.4 Å². The van der Waals surface area contributed by atoms with E-state index in [0.717, 1.165) is 11.3 Å². The molecule has 0 saturated heterocycles. The van der Waals surface area contributed by atoms with Crippen LogP contribution in [0.1, 0.15) is 18.2 Å². The Morgan fingerprint density at radius 2 is 2.24 bits per heavy atom. The standard InChI is InChI=1S/C11H20ClN3OS/c1-7-9(11(12)15(3)14-7)5-13-8(2)10(6-16)17-4/h8,10,13,16H,5-6H2,1-4H3. The van der Waals surface area contributed by atoms with E-state index in [2.05, 4.69) is 17.3 Å². The Morgan fingerprint density at radius 3 is 2.65 bits per heavy atom. The molecule has 1 aromatic rings. The summed E-state index contributed by atoms with van der Waals surface area (Å²) in [5.74, 6) is 0. The average molecular weight is 278 g/mol. The average Bonchev–Trinajstić information content (AvgIpc) is 2.53. The van der Waals surface area contributed by atoms with E-state index in [-0.39, 0.29) is 17.9 Å². The van der Waals surface area contributed by atoms with Gasteiger partial charge in [-0.1, -0.05) is 11.6 Å². The first-order valence-electron chi connectivity index (χ1n) is 5.56. The molecule has 98 valence electrons. The lowest BCUT2D eigenvalue weighted by atomic mass is 10.2. The van der Waals surface area contributed by atoms with Gasteiger partial charge in [0.15, 0.2) is 0 Å². The van der Waals surface area contributed by atoms with Crippen LogP contribution in [0.4, 0.5) is 0 Å². The molecule has 0 amide bonds. The zero-order valence-corrected chi connectivity index (χ0v) is 12.3. The van der Waals surface area contributed by atoms with Crippen LogP contribution in [-0.2, 0) is 13.6 Å². The SMILES string of the molecule is CSC(CO)C(C)NCc1c(C)nn(C)c1Cl. The fourth-order valence-electron chi connectivity index (χ4n) is 1.71. The second kappa shape index (κ2) is 6.64. The molecule has 0 radical (unpaired) electrons. The van der Waals surface area contributed by atoms with Crippen molar-refractivity contribution in [2.75, 3.05) is 12.9 Å². The van der Waals surface area contributed by atoms with Gasteiger partial charge in [0, 0.05) is 30.4 Å². The number of thioether (sulfide) groups is 1. The second-order valence-electron chi connectivity index (χ2n) is 4.10.